The second-order valence-electron chi connectivity index (χ2n) is 6.16. The van der Waals surface area contributed by atoms with Gasteiger partial charge in [0.25, 0.3) is 0 Å². The molecular weight excluding hydrogens is 359 g/mol. The zero-order valence-corrected chi connectivity index (χ0v) is 18.4. The van der Waals surface area contributed by atoms with Crippen LogP contribution in [0, 0.1) is 5.92 Å². The van der Waals surface area contributed by atoms with Gasteiger partial charge in [-0.2, -0.15) is 5.21 Å². The molecule has 0 atom stereocenters. The summed E-state index contributed by atoms with van der Waals surface area (Å²) >= 11 is 0. The summed E-state index contributed by atoms with van der Waals surface area (Å²) in [6.07, 6.45) is 3.23. The van der Waals surface area contributed by atoms with Crippen LogP contribution in [0.2, 0.25) is 0 Å². The SMILES string of the molecule is C=CCc1ccc(OCCC(C)C)c2c(=O)cc(-c3nn[nH]n3)oc12.[K+]. The summed E-state index contributed by atoms with van der Waals surface area (Å²) in [6, 6.07) is 5.06. The monoisotopic (exact) mass is 379 g/mol. The van der Waals surface area contributed by atoms with Crippen molar-refractivity contribution in [2.24, 2.45) is 5.92 Å². The number of fused-ring (bicyclic) bond motifs is 1. The predicted octanol–water partition coefficient (Wildman–Crippen LogP) is 0.131. The molecule has 0 saturated carbocycles. The molecule has 0 amide bonds. The topological polar surface area (TPSA) is 93.9 Å². The molecule has 0 radical (unpaired) electrons. The van der Waals surface area contributed by atoms with Crippen molar-refractivity contribution in [1.82, 2.24) is 20.6 Å². The van der Waals surface area contributed by atoms with E-state index in [1.165, 1.54) is 6.07 Å². The number of benzene rings is 1. The van der Waals surface area contributed by atoms with E-state index in [4.69, 9.17) is 9.15 Å². The third-order valence-electron chi connectivity index (χ3n) is 3.80. The maximum atomic E-state index is 12.7. The first-order valence-corrected chi connectivity index (χ1v) is 8.17. The predicted molar refractivity (Wildman–Crippen MR) is 94.5 cm³/mol. The Morgan fingerprint density at radius 3 is 2.85 bits per heavy atom. The van der Waals surface area contributed by atoms with Crippen LogP contribution in [-0.4, -0.2) is 27.2 Å². The van der Waals surface area contributed by atoms with Crippen molar-refractivity contribution in [1.29, 1.82) is 0 Å². The van der Waals surface area contributed by atoms with Gasteiger partial charge < -0.3 is 9.15 Å². The number of ether oxygens (including phenoxy) is 1. The van der Waals surface area contributed by atoms with E-state index in [9.17, 15) is 4.79 Å². The summed E-state index contributed by atoms with van der Waals surface area (Å²) in [5.41, 5.74) is 1.12. The van der Waals surface area contributed by atoms with Gasteiger partial charge in [-0.1, -0.05) is 26.0 Å². The van der Waals surface area contributed by atoms with Crippen molar-refractivity contribution in [3.05, 3.63) is 46.6 Å². The van der Waals surface area contributed by atoms with Crippen molar-refractivity contribution in [3.8, 4) is 17.3 Å². The fraction of sp³-hybridized carbons (Fsp3) is 0.333. The molecule has 0 bridgehead atoms. The summed E-state index contributed by atoms with van der Waals surface area (Å²) in [5.74, 6) is 1.54. The molecule has 0 spiro atoms. The minimum Gasteiger partial charge on any atom is -0.493 e. The van der Waals surface area contributed by atoms with E-state index < -0.39 is 0 Å². The number of hydrogen-bond donors (Lipinski definition) is 1. The first-order chi connectivity index (χ1) is 12.1. The van der Waals surface area contributed by atoms with Gasteiger partial charge in [-0.15, -0.1) is 16.8 Å². The number of nitrogens with zero attached hydrogens (tertiary/aromatic N) is 3. The Hall–Kier alpha value is -1.32. The van der Waals surface area contributed by atoms with Crippen LogP contribution in [0.1, 0.15) is 25.8 Å². The van der Waals surface area contributed by atoms with E-state index in [2.05, 4.69) is 41.1 Å². The Balaban J connectivity index is 0.00000243. The molecule has 0 saturated heterocycles. The number of aromatic nitrogens is 4. The number of tetrazole rings is 1. The summed E-state index contributed by atoms with van der Waals surface area (Å²) in [6.45, 7) is 8.55. The van der Waals surface area contributed by atoms with Gasteiger partial charge in [0.2, 0.25) is 5.82 Å². The zero-order valence-electron chi connectivity index (χ0n) is 15.3. The van der Waals surface area contributed by atoms with E-state index in [0.29, 0.717) is 35.7 Å². The van der Waals surface area contributed by atoms with Crippen molar-refractivity contribution >= 4 is 11.0 Å². The van der Waals surface area contributed by atoms with Gasteiger partial charge in [-0.25, -0.2) is 0 Å². The maximum Gasteiger partial charge on any atom is 1.00 e. The molecule has 0 unspecified atom stereocenters. The van der Waals surface area contributed by atoms with Crippen molar-refractivity contribution in [2.75, 3.05) is 6.61 Å². The average molecular weight is 379 g/mol. The van der Waals surface area contributed by atoms with E-state index in [0.717, 1.165) is 12.0 Å². The summed E-state index contributed by atoms with van der Waals surface area (Å²) in [7, 11) is 0. The minimum atomic E-state index is -0.202. The van der Waals surface area contributed by atoms with Crippen LogP contribution in [0.5, 0.6) is 5.75 Å². The van der Waals surface area contributed by atoms with Crippen molar-refractivity contribution in [3.63, 3.8) is 0 Å². The fourth-order valence-corrected chi connectivity index (χ4v) is 2.51. The smallest absolute Gasteiger partial charge is 0.493 e. The normalized spacial score (nSPS) is 10.7. The molecule has 2 aromatic heterocycles. The number of rotatable bonds is 7. The molecule has 2 heterocycles. The van der Waals surface area contributed by atoms with Crippen LogP contribution >= 0.6 is 0 Å². The second-order valence-corrected chi connectivity index (χ2v) is 6.16. The Bertz CT molecular complexity index is 936. The first-order valence-electron chi connectivity index (χ1n) is 8.17. The zero-order chi connectivity index (χ0) is 17.8. The molecule has 1 aromatic carbocycles. The largest absolute Gasteiger partial charge is 1.00 e. The van der Waals surface area contributed by atoms with Crippen molar-refractivity contribution < 1.29 is 60.5 Å². The van der Waals surface area contributed by atoms with Crippen LogP contribution in [-0.2, 0) is 6.42 Å². The van der Waals surface area contributed by atoms with E-state index >= 15 is 0 Å². The van der Waals surface area contributed by atoms with Crippen LogP contribution in [0.15, 0.2) is 40.1 Å². The molecule has 0 aliphatic rings. The van der Waals surface area contributed by atoms with Crippen LogP contribution in [0.25, 0.3) is 22.6 Å². The average Bonchev–Trinajstić information content (AvgIpc) is 3.11. The van der Waals surface area contributed by atoms with Gasteiger partial charge in [-0.05, 0) is 35.6 Å². The third-order valence-corrected chi connectivity index (χ3v) is 3.80. The summed E-state index contributed by atoms with van der Waals surface area (Å²) in [4.78, 5) is 12.7. The summed E-state index contributed by atoms with van der Waals surface area (Å²) in [5, 5.41) is 14.0. The molecule has 0 fully saturated rings. The van der Waals surface area contributed by atoms with Crippen LogP contribution < -0.4 is 61.6 Å². The number of H-pyrrole nitrogens is 1. The molecule has 7 nitrogen and oxygen atoms in total. The fourth-order valence-electron chi connectivity index (χ4n) is 2.51. The first kappa shape index (κ1) is 21.0. The molecule has 0 aliphatic carbocycles. The Morgan fingerprint density at radius 2 is 2.19 bits per heavy atom. The number of hydrogen-bond acceptors (Lipinski definition) is 6. The van der Waals surface area contributed by atoms with Crippen LogP contribution in [0.3, 0.4) is 0 Å². The van der Waals surface area contributed by atoms with Crippen molar-refractivity contribution in [2.45, 2.75) is 26.7 Å². The second kappa shape index (κ2) is 9.57. The standard InChI is InChI=1S/C18H20N4O3.K/c1-4-5-12-6-7-14(24-9-8-11(2)3)16-13(23)10-15(25-17(12)16)18-19-21-22-20-18;/h4,6-7,10-11H,1,5,8-9H2,2-3H3,(H,19,20,21,22);/q;+1. The molecule has 8 heteroatoms. The molecule has 0 aliphatic heterocycles. The van der Waals surface area contributed by atoms with E-state index in [1.54, 1.807) is 6.08 Å². The van der Waals surface area contributed by atoms with Crippen LogP contribution in [0.4, 0.5) is 0 Å². The van der Waals surface area contributed by atoms with E-state index in [1.807, 2.05) is 12.1 Å². The molecule has 3 rings (SSSR count). The van der Waals surface area contributed by atoms with E-state index in [-0.39, 0.29) is 68.4 Å². The molecule has 3 aromatic rings. The van der Waals surface area contributed by atoms with Gasteiger partial charge in [0.15, 0.2) is 11.2 Å². The Kier molecular flexibility index (Phi) is 7.72. The third kappa shape index (κ3) is 4.69. The quantitative estimate of drug-likeness (QED) is 0.463. The maximum absolute atomic E-state index is 12.7. The number of aromatic amines is 1. The van der Waals surface area contributed by atoms with Gasteiger partial charge in [0.05, 0.1) is 6.61 Å². The van der Waals surface area contributed by atoms with Gasteiger partial charge in [0.1, 0.15) is 16.7 Å². The Morgan fingerprint density at radius 1 is 1.38 bits per heavy atom. The molecule has 1 N–H and O–H groups in total. The summed E-state index contributed by atoms with van der Waals surface area (Å²) < 4.78 is 11.8. The van der Waals surface area contributed by atoms with Gasteiger partial charge >= 0.3 is 51.4 Å². The molecular formula is C18H20KN4O3+. The molecule has 26 heavy (non-hydrogen) atoms. The Labute approximate surface area is 193 Å². The number of allylic oxidation sites excluding steroid dienone is 1. The minimum absolute atomic E-state index is 0. The molecule has 130 valence electrons. The van der Waals surface area contributed by atoms with Gasteiger partial charge in [-0.3, -0.25) is 4.79 Å². The number of nitrogens with one attached hydrogen (secondary N) is 1. The van der Waals surface area contributed by atoms with Gasteiger partial charge in [0, 0.05) is 6.07 Å².